The third kappa shape index (κ3) is 4.68. The van der Waals surface area contributed by atoms with Crippen LogP contribution < -0.4 is 0 Å². The fourth-order valence-corrected chi connectivity index (χ4v) is 5.20. The molecule has 0 aromatic heterocycles. The van der Waals surface area contributed by atoms with E-state index in [1.165, 1.54) is 12.2 Å². The molecule has 0 aliphatic carbocycles. The highest BCUT2D eigenvalue weighted by atomic mass is 16.3. The van der Waals surface area contributed by atoms with Crippen LogP contribution in [0.15, 0.2) is 54.6 Å². The molecule has 2 saturated heterocycles. The molecule has 4 rings (SSSR count). The summed E-state index contributed by atoms with van der Waals surface area (Å²) in [5.74, 6) is -0.717. The second-order valence-electron chi connectivity index (χ2n) is 9.01. The zero-order valence-electron chi connectivity index (χ0n) is 18.4. The predicted octanol–water partition coefficient (Wildman–Crippen LogP) is 1.86. The van der Waals surface area contributed by atoms with Crippen molar-refractivity contribution in [3.05, 3.63) is 60.2 Å². The standard InChI is InChI=1S/C24H29B2N2O4/c1-26(32)28-21(15-18-7-9-20(10-8-18)19-5-3-2-4-6-19)16-22(23(28)30)24(31)11-13-27(14-12-24)25-17-29/h2-10,17,21-22,31-32H,11-16H2,1H3/t21-,22?/m1/s1. The van der Waals surface area contributed by atoms with Gasteiger partial charge in [0.25, 0.3) is 7.41 Å². The Kier molecular flexibility index (Phi) is 6.84. The minimum absolute atomic E-state index is 0.168. The van der Waals surface area contributed by atoms with Gasteiger partial charge in [-0.15, -0.1) is 0 Å². The van der Waals surface area contributed by atoms with E-state index in [1.54, 1.807) is 6.82 Å². The molecule has 165 valence electrons. The summed E-state index contributed by atoms with van der Waals surface area (Å²) in [4.78, 5) is 27.4. The van der Waals surface area contributed by atoms with Gasteiger partial charge in [-0.3, -0.25) is 4.79 Å². The van der Waals surface area contributed by atoms with Crippen molar-refractivity contribution in [3.8, 4) is 11.1 Å². The lowest BCUT2D eigenvalue weighted by atomic mass is 9.75. The van der Waals surface area contributed by atoms with E-state index in [9.17, 15) is 19.7 Å². The van der Waals surface area contributed by atoms with Gasteiger partial charge < -0.3 is 24.5 Å². The fraction of sp³-hybridized carbons (Fsp3) is 0.417. The van der Waals surface area contributed by atoms with E-state index < -0.39 is 18.6 Å². The summed E-state index contributed by atoms with van der Waals surface area (Å²) in [7, 11) is 0.577. The number of benzene rings is 2. The number of rotatable bonds is 7. The molecule has 2 N–H and O–H groups in total. The Hall–Kier alpha value is -2.41. The molecule has 6 nitrogen and oxygen atoms in total. The largest absolute Gasteiger partial charge is 0.432 e. The Morgan fingerprint density at radius 1 is 1.09 bits per heavy atom. The average Bonchev–Trinajstić information content (AvgIpc) is 3.13. The number of hydrogen-bond acceptors (Lipinski definition) is 5. The molecule has 2 fully saturated rings. The second-order valence-corrected chi connectivity index (χ2v) is 9.01. The summed E-state index contributed by atoms with van der Waals surface area (Å²) in [5.41, 5.74) is 2.27. The lowest BCUT2D eigenvalue weighted by Crippen LogP contribution is -2.53. The van der Waals surface area contributed by atoms with Crippen molar-refractivity contribution < 1.29 is 19.7 Å². The van der Waals surface area contributed by atoms with E-state index in [1.807, 2.05) is 23.0 Å². The van der Waals surface area contributed by atoms with Crippen molar-refractivity contribution in [3.63, 3.8) is 0 Å². The Morgan fingerprint density at radius 3 is 2.31 bits per heavy atom. The first kappa shape index (κ1) is 22.8. The first-order valence-electron chi connectivity index (χ1n) is 11.3. The lowest BCUT2D eigenvalue weighted by Gasteiger charge is -2.40. The number of piperidine rings is 1. The van der Waals surface area contributed by atoms with Gasteiger partial charge in [-0.05, 0) is 62.3 Å². The van der Waals surface area contributed by atoms with E-state index in [0.29, 0.717) is 38.8 Å². The first-order valence-corrected chi connectivity index (χ1v) is 11.3. The molecule has 2 aliphatic heterocycles. The number of carbonyl (C=O) groups excluding carboxylic acids is 2. The van der Waals surface area contributed by atoms with Gasteiger partial charge in [-0.25, -0.2) is 0 Å². The maximum Gasteiger partial charge on any atom is 0.412 e. The van der Waals surface area contributed by atoms with Crippen molar-refractivity contribution in [1.82, 2.24) is 9.62 Å². The van der Waals surface area contributed by atoms with Crippen molar-refractivity contribution in [2.45, 2.75) is 44.1 Å². The van der Waals surface area contributed by atoms with Gasteiger partial charge in [-0.1, -0.05) is 54.6 Å². The molecular weight excluding hydrogens is 402 g/mol. The molecular formula is C24H29B2N2O4. The van der Waals surface area contributed by atoms with Gasteiger partial charge in [0.15, 0.2) is 0 Å². The average molecular weight is 431 g/mol. The second kappa shape index (κ2) is 9.61. The number of amides is 1. The van der Waals surface area contributed by atoms with Crippen LogP contribution >= 0.6 is 0 Å². The molecule has 0 spiro atoms. The van der Waals surface area contributed by atoms with Crippen LogP contribution in [0, 0.1) is 5.92 Å². The van der Waals surface area contributed by atoms with Gasteiger partial charge in [-0.2, -0.15) is 0 Å². The monoisotopic (exact) mass is 431 g/mol. The molecule has 2 aromatic carbocycles. The molecule has 1 radical (unpaired) electrons. The molecule has 0 saturated carbocycles. The maximum atomic E-state index is 13.2. The predicted molar refractivity (Wildman–Crippen MR) is 126 cm³/mol. The number of carbonyl (C=O) groups is 2. The van der Waals surface area contributed by atoms with E-state index >= 15 is 0 Å². The molecule has 2 aliphatic rings. The molecule has 8 heteroatoms. The highest BCUT2D eigenvalue weighted by Gasteiger charge is 2.52. The summed E-state index contributed by atoms with van der Waals surface area (Å²) in [6, 6.07) is 18.3. The highest BCUT2D eigenvalue weighted by Crippen LogP contribution is 2.40. The zero-order valence-corrected chi connectivity index (χ0v) is 18.4. The third-order valence-electron chi connectivity index (χ3n) is 6.97. The summed E-state index contributed by atoms with van der Waals surface area (Å²) in [6.45, 7) is 2.69. The number of hydrogen-bond donors (Lipinski definition) is 2. The quantitative estimate of drug-likeness (QED) is 0.517. The highest BCUT2D eigenvalue weighted by molar-refractivity contribution is 6.64. The maximum absolute atomic E-state index is 13.2. The summed E-state index contributed by atoms with van der Waals surface area (Å²) in [6.07, 6.45) is 2.75. The smallest absolute Gasteiger partial charge is 0.412 e. The van der Waals surface area contributed by atoms with Crippen LogP contribution in [0.1, 0.15) is 24.8 Å². The van der Waals surface area contributed by atoms with E-state index in [-0.39, 0.29) is 11.9 Å². The van der Waals surface area contributed by atoms with Crippen LogP contribution in [-0.4, -0.2) is 71.0 Å². The van der Waals surface area contributed by atoms with E-state index in [4.69, 9.17) is 0 Å². The van der Waals surface area contributed by atoms with Gasteiger partial charge in [0.2, 0.25) is 5.91 Å². The third-order valence-corrected chi connectivity index (χ3v) is 6.97. The molecule has 0 bridgehead atoms. The van der Waals surface area contributed by atoms with Crippen LogP contribution in [0.25, 0.3) is 11.1 Å². The van der Waals surface area contributed by atoms with Crippen LogP contribution in [0.3, 0.4) is 0 Å². The topological polar surface area (TPSA) is 81.1 Å². The van der Waals surface area contributed by atoms with Crippen LogP contribution in [0.4, 0.5) is 0 Å². The van der Waals surface area contributed by atoms with Crippen molar-refractivity contribution in [2.24, 2.45) is 5.92 Å². The van der Waals surface area contributed by atoms with Gasteiger partial charge in [0.05, 0.1) is 17.7 Å². The molecule has 1 amide bonds. The summed E-state index contributed by atoms with van der Waals surface area (Å²) < 4.78 is 0. The normalized spacial score (nSPS) is 23.2. The first-order chi connectivity index (χ1) is 15.4. The molecule has 2 aromatic rings. The van der Waals surface area contributed by atoms with Crippen molar-refractivity contribution in [2.75, 3.05) is 13.1 Å². The minimum atomic E-state index is -1.11. The molecule has 32 heavy (non-hydrogen) atoms. The SMILES string of the molecule is CB(O)N1C(=O)C(C2(O)CCN([B]C=O)CC2)C[C@H]1Cc1ccc(-c2ccccc2)cc1. The molecule has 2 heterocycles. The Labute approximate surface area is 190 Å². The molecule has 1 unspecified atom stereocenters. The fourth-order valence-electron chi connectivity index (χ4n) is 5.20. The lowest BCUT2D eigenvalue weighted by molar-refractivity contribution is -0.138. The Balaban J connectivity index is 1.47. The van der Waals surface area contributed by atoms with Gasteiger partial charge in [0.1, 0.15) is 0 Å². The van der Waals surface area contributed by atoms with Gasteiger partial charge >= 0.3 is 7.05 Å². The zero-order chi connectivity index (χ0) is 22.7. The van der Waals surface area contributed by atoms with Crippen LogP contribution in [0.2, 0.25) is 6.82 Å². The van der Waals surface area contributed by atoms with Gasteiger partial charge in [0, 0.05) is 6.04 Å². The van der Waals surface area contributed by atoms with Crippen molar-refractivity contribution >= 4 is 26.6 Å². The Bertz CT molecular complexity index is 931. The Morgan fingerprint density at radius 2 is 1.72 bits per heavy atom. The summed E-state index contributed by atoms with van der Waals surface area (Å²) >= 11 is 0. The molecule has 2 atom stereocenters. The van der Waals surface area contributed by atoms with Crippen molar-refractivity contribution in [1.29, 1.82) is 0 Å². The van der Waals surface area contributed by atoms with E-state index in [0.717, 1.165) is 22.9 Å². The summed E-state index contributed by atoms with van der Waals surface area (Å²) in [5, 5.41) is 21.7. The minimum Gasteiger partial charge on any atom is -0.432 e. The van der Waals surface area contributed by atoms with Crippen LogP contribution in [0.5, 0.6) is 0 Å². The number of aliphatic hydroxyl groups is 1. The number of nitrogens with zero attached hydrogens (tertiary/aromatic N) is 2. The van der Waals surface area contributed by atoms with Crippen LogP contribution in [-0.2, 0) is 16.0 Å². The van der Waals surface area contributed by atoms with E-state index in [2.05, 4.69) is 36.4 Å².